The summed E-state index contributed by atoms with van der Waals surface area (Å²) in [5, 5.41) is 0. The summed E-state index contributed by atoms with van der Waals surface area (Å²) in [5.74, 6) is -79.4. The van der Waals surface area contributed by atoms with Gasteiger partial charge in [0.15, 0.2) is 0 Å². The second-order valence-electron chi connectivity index (χ2n) is 11.1. The number of rotatable bonds is 20. The van der Waals surface area contributed by atoms with E-state index in [1.54, 1.807) is 0 Å². The van der Waals surface area contributed by atoms with Crippen molar-refractivity contribution in [1.29, 1.82) is 0 Å². The summed E-state index contributed by atoms with van der Waals surface area (Å²) in [6, 6.07) is 1.57. The molecule has 0 aromatic heterocycles. The summed E-state index contributed by atoms with van der Waals surface area (Å²) in [6.45, 7) is 1.31. The van der Waals surface area contributed by atoms with E-state index in [2.05, 4.69) is 14.7 Å². The third-order valence-electron chi connectivity index (χ3n) is 6.71. The first-order valence-electron chi connectivity index (χ1n) is 13.6. The molecule has 0 heterocycles. The Morgan fingerprint density at radius 1 is 0.453 bits per heavy atom. The number of aliphatic imine (C=N–C) groups is 2. The van der Waals surface area contributed by atoms with Crippen LogP contribution in [-0.4, -0.2) is 103 Å². The summed E-state index contributed by atoms with van der Waals surface area (Å²) in [6.07, 6.45) is -30.2. The van der Waals surface area contributed by atoms with Crippen LogP contribution in [0.5, 0.6) is 0 Å². The van der Waals surface area contributed by atoms with Crippen LogP contribution in [0.1, 0.15) is 46.0 Å². The predicted molar refractivity (Wildman–Crippen MR) is 124 cm³/mol. The van der Waals surface area contributed by atoms with E-state index in [0.717, 1.165) is 0 Å². The molecule has 0 unspecified atom stereocenters. The topological polar surface area (TPSA) is 34.0 Å². The van der Waals surface area contributed by atoms with Gasteiger partial charge in [-0.1, -0.05) is 0 Å². The Balaban J connectivity index is 6.60. The lowest BCUT2D eigenvalue weighted by atomic mass is 9.89. The summed E-state index contributed by atoms with van der Waals surface area (Å²) in [5.41, 5.74) is 0. The van der Waals surface area contributed by atoms with E-state index in [1.807, 2.05) is 6.01 Å². The van der Waals surface area contributed by atoms with E-state index in [-0.39, 0.29) is 0 Å². The second-order valence-corrected chi connectivity index (χ2v) is 11.1. The van der Waals surface area contributed by atoms with Crippen LogP contribution in [-0.2, 0) is 4.74 Å². The van der Waals surface area contributed by atoms with Crippen LogP contribution >= 0.6 is 0 Å². The normalized spacial score (nSPS) is 15.7. The number of halogens is 26. The van der Waals surface area contributed by atoms with Crippen LogP contribution in [0.25, 0.3) is 0 Å². The van der Waals surface area contributed by atoms with E-state index < -0.39 is 129 Å². The first-order chi connectivity index (χ1) is 23.0. The molecule has 53 heavy (non-hydrogen) atoms. The van der Waals surface area contributed by atoms with Gasteiger partial charge in [0.25, 0.3) is 0 Å². The van der Waals surface area contributed by atoms with Gasteiger partial charge >= 0.3 is 71.6 Å². The number of nitrogens with zero attached hydrogens (tertiary/aromatic N) is 2. The molecule has 0 N–H and O–H groups in total. The van der Waals surface area contributed by atoms with Gasteiger partial charge in [0.05, 0.1) is 24.7 Å². The van der Waals surface area contributed by atoms with Crippen LogP contribution in [0.15, 0.2) is 9.98 Å². The smallest absolute Gasteiger partial charge is 0.378 e. The number of ether oxygens (including phenoxy) is 1. The number of hydrogen-bond donors (Lipinski definition) is 0. The quantitative estimate of drug-likeness (QED) is 0.0683. The van der Waals surface area contributed by atoms with Crippen molar-refractivity contribution in [3.05, 3.63) is 0 Å². The second kappa shape index (κ2) is 15.6. The van der Waals surface area contributed by atoms with Crippen molar-refractivity contribution in [2.45, 2.75) is 130 Å². The molecular formula is C24H22F26N2O. The van der Waals surface area contributed by atoms with E-state index in [0.29, 0.717) is 0 Å². The first kappa shape index (κ1) is 50.5. The molecule has 0 atom stereocenters. The van der Waals surface area contributed by atoms with Crippen molar-refractivity contribution in [2.75, 3.05) is 13.2 Å². The number of alkyl halides is 26. The standard InChI is InChI=1S/C24H22F26N2O/c1-11(2)52-10-51-8-3-9-53-12(4-6-13(25,26)15(29,30)17(33,34)19(37,38)21(41,42)23(45,46)47)5-7-14(27,28)16(31,32)18(35,36)20(39,40)22(43,44)24(48,49)50/h11-12H,3-9H2,1-2H3. The minimum Gasteiger partial charge on any atom is -0.378 e. The van der Waals surface area contributed by atoms with Crippen LogP contribution < -0.4 is 0 Å². The molecule has 0 aliphatic rings. The Bertz CT molecular complexity index is 1180. The molecule has 0 aliphatic carbocycles. The van der Waals surface area contributed by atoms with E-state index in [4.69, 9.17) is 0 Å². The Morgan fingerprint density at radius 3 is 1.04 bits per heavy atom. The van der Waals surface area contributed by atoms with Gasteiger partial charge in [0, 0.05) is 19.4 Å². The van der Waals surface area contributed by atoms with E-state index in [1.165, 1.54) is 13.8 Å². The van der Waals surface area contributed by atoms with Crippen molar-refractivity contribution >= 4 is 6.01 Å². The molecule has 0 aromatic carbocycles. The number of hydrogen-bond acceptors (Lipinski definition) is 3. The van der Waals surface area contributed by atoms with Crippen molar-refractivity contribution in [1.82, 2.24) is 0 Å². The van der Waals surface area contributed by atoms with Crippen LogP contribution in [0.4, 0.5) is 114 Å². The van der Waals surface area contributed by atoms with Gasteiger partial charge in [-0.3, -0.25) is 0 Å². The zero-order chi connectivity index (χ0) is 42.9. The van der Waals surface area contributed by atoms with Gasteiger partial charge < -0.3 is 4.74 Å². The van der Waals surface area contributed by atoms with Gasteiger partial charge in [0.2, 0.25) is 0 Å². The zero-order valence-corrected chi connectivity index (χ0v) is 25.7. The fourth-order valence-corrected chi connectivity index (χ4v) is 3.51. The maximum Gasteiger partial charge on any atom is 0.460 e. The Kier molecular flexibility index (Phi) is 14.8. The van der Waals surface area contributed by atoms with Gasteiger partial charge in [0.1, 0.15) is 0 Å². The SMILES string of the molecule is CC(C)N=C=NCCCOC(CCC(F)(F)C(F)(F)C(F)(F)C(F)(F)C(F)(F)C(F)(F)F)CCC(F)(F)C(F)(F)C(F)(F)C(F)(F)C(F)(F)C(F)(F)F. The van der Waals surface area contributed by atoms with Crippen LogP contribution in [0.3, 0.4) is 0 Å². The monoisotopic (exact) mass is 848 g/mol. The molecule has 0 bridgehead atoms. The lowest BCUT2D eigenvalue weighted by Crippen LogP contribution is -2.70. The van der Waals surface area contributed by atoms with Gasteiger partial charge in [-0.2, -0.15) is 114 Å². The minimum absolute atomic E-state index is 0.432. The molecule has 29 heteroatoms. The fraction of sp³-hybridized carbons (Fsp3) is 0.958. The molecular weight excluding hydrogens is 826 g/mol. The maximum absolute atomic E-state index is 14.2. The van der Waals surface area contributed by atoms with Gasteiger partial charge in [-0.25, -0.2) is 9.98 Å². The maximum atomic E-state index is 14.2. The highest BCUT2D eigenvalue weighted by molar-refractivity contribution is 5.41. The predicted octanol–water partition coefficient (Wildman–Crippen LogP) is 11.4. The summed E-state index contributed by atoms with van der Waals surface area (Å²) in [7, 11) is 0. The molecule has 316 valence electrons. The highest BCUT2D eigenvalue weighted by Gasteiger charge is 2.92. The third kappa shape index (κ3) is 9.32. The van der Waals surface area contributed by atoms with Gasteiger partial charge in [-0.15, -0.1) is 0 Å². The highest BCUT2D eigenvalue weighted by atomic mass is 19.4. The largest absolute Gasteiger partial charge is 0.460 e. The molecule has 0 saturated carbocycles. The molecule has 3 nitrogen and oxygen atoms in total. The zero-order valence-electron chi connectivity index (χ0n) is 25.7. The van der Waals surface area contributed by atoms with Crippen LogP contribution in [0.2, 0.25) is 0 Å². The van der Waals surface area contributed by atoms with Crippen LogP contribution in [0, 0.1) is 0 Å². The van der Waals surface area contributed by atoms with Crippen molar-refractivity contribution in [3.8, 4) is 0 Å². The highest BCUT2D eigenvalue weighted by Crippen LogP contribution is 2.62. The van der Waals surface area contributed by atoms with E-state index in [9.17, 15) is 114 Å². The molecule has 0 radical (unpaired) electrons. The molecule has 0 fully saturated rings. The molecule has 0 amide bonds. The molecule has 0 saturated heterocycles. The molecule has 0 aliphatic heterocycles. The molecule has 0 rings (SSSR count). The Labute approximate surface area is 278 Å². The van der Waals surface area contributed by atoms with Crippen molar-refractivity contribution in [2.24, 2.45) is 9.98 Å². The average Bonchev–Trinajstić information content (AvgIpc) is 2.95. The lowest BCUT2D eigenvalue weighted by Gasteiger charge is -2.40. The summed E-state index contributed by atoms with van der Waals surface area (Å²) in [4.78, 5) is 6.92. The van der Waals surface area contributed by atoms with Crippen molar-refractivity contribution < 1.29 is 119 Å². The van der Waals surface area contributed by atoms with Gasteiger partial charge in [-0.05, 0) is 33.1 Å². The minimum atomic E-state index is -8.37. The third-order valence-corrected chi connectivity index (χ3v) is 6.71. The Morgan fingerprint density at radius 2 is 0.755 bits per heavy atom. The molecule has 0 spiro atoms. The fourth-order valence-electron chi connectivity index (χ4n) is 3.51. The van der Waals surface area contributed by atoms with Crippen molar-refractivity contribution in [3.63, 3.8) is 0 Å². The first-order valence-corrected chi connectivity index (χ1v) is 13.6. The van der Waals surface area contributed by atoms with E-state index >= 15 is 0 Å². The average molecular weight is 848 g/mol. The summed E-state index contributed by atoms with van der Waals surface area (Å²) >= 11 is 0. The Hall–Kier alpha value is -2.48. The lowest BCUT2D eigenvalue weighted by molar-refractivity contribution is -0.440. The summed E-state index contributed by atoms with van der Waals surface area (Å²) < 4.78 is 352. The molecule has 0 aromatic rings.